The predicted molar refractivity (Wildman–Crippen MR) is 69.1 cm³/mol. The summed E-state index contributed by atoms with van der Waals surface area (Å²) < 4.78 is 10.5. The minimum atomic E-state index is -0.452. The van der Waals surface area contributed by atoms with Crippen LogP contribution in [0, 0.1) is 11.8 Å². The Kier molecular flexibility index (Phi) is 5.23. The van der Waals surface area contributed by atoms with Gasteiger partial charge in [0.05, 0.1) is 19.0 Å². The minimum absolute atomic E-state index is 0.339. The van der Waals surface area contributed by atoms with Crippen molar-refractivity contribution in [2.45, 2.75) is 32.5 Å². The topological polar surface area (TPSA) is 54.6 Å². The van der Waals surface area contributed by atoms with E-state index >= 15 is 0 Å². The molecule has 1 heterocycles. The van der Waals surface area contributed by atoms with Gasteiger partial charge in [-0.2, -0.15) is 0 Å². The van der Waals surface area contributed by atoms with Crippen molar-refractivity contribution in [1.82, 2.24) is 5.32 Å². The van der Waals surface area contributed by atoms with Gasteiger partial charge in [0.1, 0.15) is 12.4 Å². The van der Waals surface area contributed by atoms with E-state index in [9.17, 15) is 5.11 Å². The molecule has 0 aliphatic heterocycles. The molecule has 1 aliphatic rings. The normalized spacial score (nSPS) is 18.8. The fourth-order valence-corrected chi connectivity index (χ4v) is 2.06. The first kappa shape index (κ1) is 13.6. The molecule has 1 aromatic heterocycles. The molecule has 4 nitrogen and oxygen atoms in total. The lowest BCUT2D eigenvalue weighted by atomic mass is 10.1. The van der Waals surface area contributed by atoms with Crippen molar-refractivity contribution in [3.63, 3.8) is 0 Å². The van der Waals surface area contributed by atoms with E-state index in [-0.39, 0.29) is 0 Å². The van der Waals surface area contributed by atoms with Crippen LogP contribution in [0.1, 0.15) is 25.5 Å². The Bertz CT molecular complexity index is 322. The average Bonchev–Trinajstić information content (AvgIpc) is 3.08. The molecule has 0 bridgehead atoms. The first-order chi connectivity index (χ1) is 8.75. The van der Waals surface area contributed by atoms with Crippen molar-refractivity contribution in [3.8, 4) is 0 Å². The number of furan rings is 1. The van der Waals surface area contributed by atoms with Gasteiger partial charge in [0.2, 0.25) is 0 Å². The zero-order chi connectivity index (χ0) is 12.8. The molecule has 0 radical (unpaired) electrons. The van der Waals surface area contributed by atoms with Crippen LogP contribution in [-0.2, 0) is 11.3 Å². The van der Waals surface area contributed by atoms with Crippen LogP contribution in [0.25, 0.3) is 0 Å². The average molecular weight is 253 g/mol. The summed E-state index contributed by atoms with van der Waals surface area (Å²) in [4.78, 5) is 0. The highest BCUT2D eigenvalue weighted by Crippen LogP contribution is 2.35. The van der Waals surface area contributed by atoms with Crippen LogP contribution in [0.4, 0.5) is 0 Å². The first-order valence-electron chi connectivity index (χ1n) is 6.74. The maximum atomic E-state index is 9.73. The van der Waals surface area contributed by atoms with E-state index < -0.39 is 6.10 Å². The van der Waals surface area contributed by atoms with Crippen LogP contribution < -0.4 is 5.32 Å². The van der Waals surface area contributed by atoms with Crippen LogP contribution in [-0.4, -0.2) is 30.9 Å². The predicted octanol–water partition coefficient (Wildman–Crippen LogP) is 1.79. The zero-order valence-corrected chi connectivity index (χ0v) is 11.0. The second-order valence-electron chi connectivity index (χ2n) is 5.22. The molecule has 18 heavy (non-hydrogen) atoms. The number of ether oxygens (including phenoxy) is 1. The highest BCUT2D eigenvalue weighted by atomic mass is 16.5. The molecular formula is C14H23NO3. The van der Waals surface area contributed by atoms with Crippen LogP contribution in [0.5, 0.6) is 0 Å². The molecule has 2 N–H and O–H groups in total. The third-order valence-electron chi connectivity index (χ3n) is 3.41. The van der Waals surface area contributed by atoms with E-state index in [0.717, 1.165) is 24.1 Å². The van der Waals surface area contributed by atoms with E-state index in [4.69, 9.17) is 9.15 Å². The molecule has 4 heteroatoms. The van der Waals surface area contributed by atoms with E-state index in [1.54, 1.807) is 6.26 Å². The van der Waals surface area contributed by atoms with Crippen LogP contribution in [0.2, 0.25) is 0 Å². The lowest BCUT2D eigenvalue weighted by molar-refractivity contribution is 0.0223. The quantitative estimate of drug-likeness (QED) is 0.704. The highest BCUT2D eigenvalue weighted by Gasteiger charge is 2.27. The smallest absolute Gasteiger partial charge is 0.129 e. The van der Waals surface area contributed by atoms with Crippen molar-refractivity contribution >= 4 is 0 Å². The molecule has 1 aromatic rings. The van der Waals surface area contributed by atoms with Gasteiger partial charge in [-0.3, -0.25) is 0 Å². The molecule has 2 rings (SSSR count). The number of hydrogen-bond acceptors (Lipinski definition) is 4. The molecule has 0 amide bonds. The Morgan fingerprint density at radius 1 is 1.50 bits per heavy atom. The van der Waals surface area contributed by atoms with Gasteiger partial charge in [-0.25, -0.2) is 0 Å². The number of nitrogens with one attached hydrogen (secondary N) is 1. The molecule has 2 unspecified atom stereocenters. The lowest BCUT2D eigenvalue weighted by Crippen LogP contribution is -2.33. The number of aliphatic hydroxyl groups is 1. The standard InChI is InChI=1S/C14H23NO3/c1-11(12-4-5-12)7-15-8-13(16)9-17-10-14-3-2-6-18-14/h2-3,6,11-13,15-16H,4-5,7-10H2,1H3. The Morgan fingerprint density at radius 2 is 2.33 bits per heavy atom. The summed E-state index contributed by atoms with van der Waals surface area (Å²) in [5.74, 6) is 2.42. The van der Waals surface area contributed by atoms with Crippen LogP contribution >= 0.6 is 0 Å². The number of aliphatic hydroxyl groups excluding tert-OH is 1. The van der Waals surface area contributed by atoms with E-state index in [2.05, 4.69) is 12.2 Å². The second-order valence-corrected chi connectivity index (χ2v) is 5.22. The van der Waals surface area contributed by atoms with Crippen molar-refractivity contribution in [1.29, 1.82) is 0 Å². The number of hydrogen-bond donors (Lipinski definition) is 2. The Hall–Kier alpha value is -0.840. The van der Waals surface area contributed by atoms with Gasteiger partial charge in [0, 0.05) is 6.54 Å². The van der Waals surface area contributed by atoms with Gasteiger partial charge in [0.25, 0.3) is 0 Å². The van der Waals surface area contributed by atoms with Gasteiger partial charge in [-0.05, 0) is 43.4 Å². The van der Waals surface area contributed by atoms with Gasteiger partial charge < -0.3 is 19.6 Å². The van der Waals surface area contributed by atoms with Gasteiger partial charge >= 0.3 is 0 Å². The van der Waals surface area contributed by atoms with Crippen molar-refractivity contribution in [3.05, 3.63) is 24.2 Å². The highest BCUT2D eigenvalue weighted by molar-refractivity contribution is 4.96. The van der Waals surface area contributed by atoms with Gasteiger partial charge in [-0.15, -0.1) is 0 Å². The van der Waals surface area contributed by atoms with Crippen LogP contribution in [0.3, 0.4) is 0 Å². The molecule has 102 valence electrons. The SMILES string of the molecule is CC(CNCC(O)COCc1ccco1)C1CC1. The Morgan fingerprint density at radius 3 is 3.00 bits per heavy atom. The lowest BCUT2D eigenvalue weighted by Gasteiger charge is -2.15. The van der Waals surface area contributed by atoms with E-state index in [0.29, 0.717) is 19.8 Å². The molecule has 0 saturated heterocycles. The summed E-state index contributed by atoms with van der Waals surface area (Å²) in [5.41, 5.74) is 0. The summed E-state index contributed by atoms with van der Waals surface area (Å²) in [5, 5.41) is 13.0. The first-order valence-corrected chi connectivity index (χ1v) is 6.74. The molecule has 1 saturated carbocycles. The summed E-state index contributed by atoms with van der Waals surface area (Å²) in [6.07, 6.45) is 3.91. The Balaban J connectivity index is 1.48. The maximum Gasteiger partial charge on any atom is 0.129 e. The van der Waals surface area contributed by atoms with E-state index in [1.165, 1.54) is 12.8 Å². The third-order valence-corrected chi connectivity index (χ3v) is 3.41. The fraction of sp³-hybridized carbons (Fsp3) is 0.714. The summed E-state index contributed by atoms with van der Waals surface area (Å²) >= 11 is 0. The minimum Gasteiger partial charge on any atom is -0.467 e. The van der Waals surface area contributed by atoms with Gasteiger partial charge in [-0.1, -0.05) is 6.92 Å². The molecule has 1 fully saturated rings. The summed E-state index contributed by atoms with van der Waals surface area (Å²) in [7, 11) is 0. The summed E-state index contributed by atoms with van der Waals surface area (Å²) in [6, 6.07) is 3.69. The maximum absolute atomic E-state index is 9.73. The molecule has 2 atom stereocenters. The number of rotatable bonds is 9. The largest absolute Gasteiger partial charge is 0.467 e. The van der Waals surface area contributed by atoms with E-state index in [1.807, 2.05) is 12.1 Å². The molecule has 0 spiro atoms. The summed E-state index contributed by atoms with van der Waals surface area (Å²) in [6.45, 7) is 4.60. The van der Waals surface area contributed by atoms with Crippen molar-refractivity contribution < 1.29 is 14.3 Å². The van der Waals surface area contributed by atoms with Crippen molar-refractivity contribution in [2.24, 2.45) is 11.8 Å². The molecular weight excluding hydrogens is 230 g/mol. The monoisotopic (exact) mass is 253 g/mol. The van der Waals surface area contributed by atoms with Crippen molar-refractivity contribution in [2.75, 3.05) is 19.7 Å². The molecule has 0 aromatic carbocycles. The van der Waals surface area contributed by atoms with Crippen LogP contribution in [0.15, 0.2) is 22.8 Å². The Labute approximate surface area is 108 Å². The van der Waals surface area contributed by atoms with Gasteiger partial charge in [0.15, 0.2) is 0 Å². The third kappa shape index (κ3) is 4.80. The molecule has 1 aliphatic carbocycles. The fourth-order valence-electron chi connectivity index (χ4n) is 2.06. The second kappa shape index (κ2) is 6.92. The zero-order valence-electron chi connectivity index (χ0n) is 11.0.